The van der Waals surface area contributed by atoms with Crippen molar-refractivity contribution in [1.29, 1.82) is 0 Å². The van der Waals surface area contributed by atoms with E-state index in [1.807, 2.05) is 0 Å². The Morgan fingerprint density at radius 1 is 1.43 bits per heavy atom. The van der Waals surface area contributed by atoms with Crippen molar-refractivity contribution in [3.63, 3.8) is 0 Å². The van der Waals surface area contributed by atoms with E-state index in [4.69, 9.17) is 9.22 Å². The molecule has 0 unspecified atom stereocenters. The first-order valence-electron chi connectivity index (χ1n) is 2.57. The minimum Gasteiger partial charge on any atom is -0.410 e. The molecule has 3 heteroatoms. The van der Waals surface area contributed by atoms with E-state index in [0.29, 0.717) is 0 Å². The van der Waals surface area contributed by atoms with Gasteiger partial charge in [-0.25, -0.2) is 0 Å². The van der Waals surface area contributed by atoms with Gasteiger partial charge >= 0.3 is 9.28 Å². The second-order valence-corrected chi connectivity index (χ2v) is 3.28. The zero-order chi connectivity index (χ0) is 5.11. The smallest absolute Gasteiger partial charge is 0.381 e. The van der Waals surface area contributed by atoms with E-state index in [2.05, 4.69) is 0 Å². The largest absolute Gasteiger partial charge is 0.410 e. The first kappa shape index (κ1) is 5.28. The Bertz CT molecular complexity index is 51.7. The fourth-order valence-electron chi connectivity index (χ4n) is 0.640. The lowest BCUT2D eigenvalue weighted by atomic mass is 10.4. The van der Waals surface area contributed by atoms with Crippen molar-refractivity contribution >= 4 is 9.28 Å². The molecule has 0 aliphatic carbocycles. The molecule has 1 fully saturated rings. The molecule has 7 heavy (non-hydrogen) atoms. The molecule has 0 aromatic rings. The maximum absolute atomic E-state index is 8.79. The number of hydrogen-bond acceptors (Lipinski definition) is 2. The Balaban J connectivity index is 2.12. The topological polar surface area (TPSA) is 29.5 Å². The molecule has 0 saturated carbocycles. The SMILES string of the molecule is O[Si]1CCCCO1. The molecule has 0 aromatic carbocycles. The molecular weight excluding hydrogens is 108 g/mol. The van der Waals surface area contributed by atoms with Gasteiger partial charge in [-0.15, -0.1) is 0 Å². The first-order chi connectivity index (χ1) is 3.39. The van der Waals surface area contributed by atoms with Gasteiger partial charge in [-0.2, -0.15) is 0 Å². The lowest BCUT2D eigenvalue weighted by molar-refractivity contribution is 0.231. The summed E-state index contributed by atoms with van der Waals surface area (Å²) in [6.07, 6.45) is 2.29. The fraction of sp³-hybridized carbons (Fsp3) is 1.00. The highest BCUT2D eigenvalue weighted by atomic mass is 28.3. The Hall–Kier alpha value is 0.137. The molecule has 41 valence electrons. The Kier molecular flexibility index (Phi) is 1.84. The summed E-state index contributed by atoms with van der Waals surface area (Å²) in [5, 5.41) is 0. The standard InChI is InChI=1S/C4H9O2Si/c5-7-4-2-1-3-6-7/h5H,1-4H2. The van der Waals surface area contributed by atoms with E-state index < -0.39 is 9.28 Å². The minimum atomic E-state index is -1.29. The van der Waals surface area contributed by atoms with E-state index in [0.717, 1.165) is 25.5 Å². The molecule has 0 bridgehead atoms. The van der Waals surface area contributed by atoms with Crippen LogP contribution in [0.5, 0.6) is 0 Å². The Labute approximate surface area is 45.0 Å². The molecule has 0 amide bonds. The summed E-state index contributed by atoms with van der Waals surface area (Å²) in [4.78, 5) is 8.79. The summed E-state index contributed by atoms with van der Waals surface area (Å²) >= 11 is 0. The van der Waals surface area contributed by atoms with Crippen LogP contribution in [0.2, 0.25) is 6.04 Å². The average Bonchev–Trinajstić information content (AvgIpc) is 1.69. The lowest BCUT2D eigenvalue weighted by Gasteiger charge is -2.12. The fourth-order valence-corrected chi connectivity index (χ4v) is 1.72. The van der Waals surface area contributed by atoms with Gasteiger partial charge in [0.15, 0.2) is 0 Å². The molecule has 0 atom stereocenters. The Morgan fingerprint density at radius 2 is 2.29 bits per heavy atom. The van der Waals surface area contributed by atoms with Crippen molar-refractivity contribution in [2.45, 2.75) is 18.9 Å². The molecule has 1 heterocycles. The summed E-state index contributed by atoms with van der Waals surface area (Å²) in [6.45, 7) is 0.783. The van der Waals surface area contributed by atoms with Crippen LogP contribution in [0.3, 0.4) is 0 Å². The van der Waals surface area contributed by atoms with Crippen LogP contribution in [0, 0.1) is 0 Å². The van der Waals surface area contributed by atoms with Crippen LogP contribution in [0.4, 0.5) is 0 Å². The highest BCUT2D eigenvalue weighted by Crippen LogP contribution is 2.07. The summed E-state index contributed by atoms with van der Waals surface area (Å²) in [5.74, 6) is 0. The number of rotatable bonds is 0. The second kappa shape index (κ2) is 2.45. The van der Waals surface area contributed by atoms with Gasteiger partial charge in [0, 0.05) is 6.61 Å². The molecule has 2 nitrogen and oxygen atoms in total. The highest BCUT2D eigenvalue weighted by Gasteiger charge is 2.13. The molecule has 1 N–H and O–H groups in total. The molecule has 0 spiro atoms. The summed E-state index contributed by atoms with van der Waals surface area (Å²) in [5.41, 5.74) is 0. The average molecular weight is 117 g/mol. The molecule has 1 aliphatic rings. The summed E-state index contributed by atoms with van der Waals surface area (Å²) in [7, 11) is -1.29. The van der Waals surface area contributed by atoms with Gasteiger partial charge in [-0.05, 0) is 18.9 Å². The molecule has 1 rings (SSSR count). The predicted octanol–water partition coefficient (Wildman–Crippen LogP) is 0.277. The van der Waals surface area contributed by atoms with Crippen LogP contribution in [0.1, 0.15) is 12.8 Å². The van der Waals surface area contributed by atoms with Crippen LogP contribution in [0.15, 0.2) is 0 Å². The van der Waals surface area contributed by atoms with Crippen LogP contribution < -0.4 is 0 Å². The van der Waals surface area contributed by atoms with Crippen molar-refractivity contribution < 1.29 is 9.22 Å². The van der Waals surface area contributed by atoms with E-state index >= 15 is 0 Å². The van der Waals surface area contributed by atoms with E-state index in [1.165, 1.54) is 0 Å². The third-order valence-electron chi connectivity index (χ3n) is 1.05. The van der Waals surface area contributed by atoms with Crippen molar-refractivity contribution in [2.75, 3.05) is 6.61 Å². The molecule has 1 radical (unpaired) electrons. The maximum atomic E-state index is 8.79. The third-order valence-corrected chi connectivity index (χ3v) is 2.37. The Morgan fingerprint density at radius 3 is 2.57 bits per heavy atom. The monoisotopic (exact) mass is 117 g/mol. The van der Waals surface area contributed by atoms with E-state index in [-0.39, 0.29) is 0 Å². The predicted molar refractivity (Wildman–Crippen MR) is 28.0 cm³/mol. The molecular formula is C4H9O2Si. The van der Waals surface area contributed by atoms with Crippen molar-refractivity contribution in [2.24, 2.45) is 0 Å². The quantitative estimate of drug-likeness (QED) is 0.462. The van der Waals surface area contributed by atoms with Gasteiger partial charge in [0.2, 0.25) is 0 Å². The van der Waals surface area contributed by atoms with Crippen molar-refractivity contribution in [1.82, 2.24) is 0 Å². The first-order valence-corrected chi connectivity index (χ1v) is 4.13. The van der Waals surface area contributed by atoms with Crippen LogP contribution in [-0.4, -0.2) is 20.7 Å². The zero-order valence-corrected chi connectivity index (χ0v) is 5.18. The maximum Gasteiger partial charge on any atom is 0.381 e. The van der Waals surface area contributed by atoms with Crippen LogP contribution in [-0.2, 0) is 4.43 Å². The van der Waals surface area contributed by atoms with E-state index in [1.54, 1.807) is 0 Å². The van der Waals surface area contributed by atoms with Gasteiger partial charge in [-0.3, -0.25) is 0 Å². The van der Waals surface area contributed by atoms with Gasteiger partial charge in [0.05, 0.1) is 0 Å². The van der Waals surface area contributed by atoms with E-state index in [9.17, 15) is 0 Å². The third kappa shape index (κ3) is 1.59. The number of hydrogen-bond donors (Lipinski definition) is 1. The van der Waals surface area contributed by atoms with Gasteiger partial charge < -0.3 is 9.22 Å². The van der Waals surface area contributed by atoms with Crippen molar-refractivity contribution in [3.8, 4) is 0 Å². The summed E-state index contributed by atoms with van der Waals surface area (Å²) in [6, 6.07) is 0.921. The molecule has 1 saturated heterocycles. The van der Waals surface area contributed by atoms with Crippen molar-refractivity contribution in [3.05, 3.63) is 0 Å². The minimum absolute atomic E-state index is 0.783. The summed E-state index contributed by atoms with van der Waals surface area (Å²) < 4.78 is 4.94. The lowest BCUT2D eigenvalue weighted by Crippen LogP contribution is -2.22. The second-order valence-electron chi connectivity index (χ2n) is 1.70. The van der Waals surface area contributed by atoms with Gasteiger partial charge in [-0.1, -0.05) is 0 Å². The molecule has 0 aromatic heterocycles. The van der Waals surface area contributed by atoms with Gasteiger partial charge in [0.1, 0.15) is 0 Å². The highest BCUT2D eigenvalue weighted by molar-refractivity contribution is 6.42. The zero-order valence-electron chi connectivity index (χ0n) is 4.18. The molecule has 1 aliphatic heterocycles. The normalized spacial score (nSPS) is 25.3. The van der Waals surface area contributed by atoms with Gasteiger partial charge in [0.25, 0.3) is 0 Å². The van der Waals surface area contributed by atoms with Crippen LogP contribution in [0.25, 0.3) is 0 Å². The van der Waals surface area contributed by atoms with Crippen LogP contribution >= 0.6 is 0 Å².